The Morgan fingerprint density at radius 2 is 2.06 bits per heavy atom. The highest BCUT2D eigenvalue weighted by molar-refractivity contribution is 5.76. The average Bonchev–Trinajstić information content (AvgIpc) is 2.65. The first-order chi connectivity index (χ1) is 8.52. The van der Waals surface area contributed by atoms with Crippen LogP contribution in [0.25, 0.3) is 11.0 Å². The maximum absolute atomic E-state index is 13.2. The zero-order valence-corrected chi connectivity index (χ0v) is 11.2. The van der Waals surface area contributed by atoms with E-state index in [2.05, 4.69) is 30.3 Å². The minimum Gasteiger partial charge on any atom is -0.330 e. The summed E-state index contributed by atoms with van der Waals surface area (Å²) in [5, 5.41) is 0. The van der Waals surface area contributed by atoms with Gasteiger partial charge in [0.05, 0.1) is 11.0 Å². The van der Waals surface area contributed by atoms with Crippen LogP contribution in [0.4, 0.5) is 4.39 Å². The normalized spacial score (nSPS) is 13.4. The number of nitrogens with two attached hydrogens (primary N) is 1. The molecule has 0 radical (unpaired) electrons. The van der Waals surface area contributed by atoms with Gasteiger partial charge in [0.15, 0.2) is 0 Å². The molecular formula is C14H20FN3. The standard InChI is InChI=1S/C14H20FN3/c1-9(2)18-13-5-4-11(15)7-12(13)17-14(18)6-10(3)8-16/h4-5,7,9-10H,6,8,16H2,1-3H3. The number of imidazole rings is 1. The summed E-state index contributed by atoms with van der Waals surface area (Å²) in [5.41, 5.74) is 7.38. The number of hydrogen-bond donors (Lipinski definition) is 1. The second-order valence-corrected chi connectivity index (χ2v) is 5.17. The molecule has 2 aromatic rings. The topological polar surface area (TPSA) is 43.8 Å². The smallest absolute Gasteiger partial charge is 0.125 e. The van der Waals surface area contributed by atoms with Gasteiger partial charge in [-0.25, -0.2) is 9.37 Å². The minimum absolute atomic E-state index is 0.241. The summed E-state index contributed by atoms with van der Waals surface area (Å²) in [4.78, 5) is 4.55. The van der Waals surface area contributed by atoms with Gasteiger partial charge in [0.25, 0.3) is 0 Å². The summed E-state index contributed by atoms with van der Waals surface area (Å²) < 4.78 is 15.4. The molecule has 0 bridgehead atoms. The first-order valence-electron chi connectivity index (χ1n) is 6.39. The van der Waals surface area contributed by atoms with Crippen LogP contribution < -0.4 is 5.73 Å². The highest BCUT2D eigenvalue weighted by Gasteiger charge is 2.15. The largest absolute Gasteiger partial charge is 0.330 e. The van der Waals surface area contributed by atoms with E-state index in [1.807, 2.05) is 0 Å². The molecule has 0 saturated heterocycles. The van der Waals surface area contributed by atoms with Gasteiger partial charge in [0.2, 0.25) is 0 Å². The van der Waals surface area contributed by atoms with Crippen LogP contribution >= 0.6 is 0 Å². The fraction of sp³-hybridized carbons (Fsp3) is 0.500. The van der Waals surface area contributed by atoms with E-state index in [1.165, 1.54) is 12.1 Å². The summed E-state index contributed by atoms with van der Waals surface area (Å²) in [7, 11) is 0. The molecule has 98 valence electrons. The number of benzene rings is 1. The van der Waals surface area contributed by atoms with Crippen molar-refractivity contribution in [1.29, 1.82) is 0 Å². The van der Waals surface area contributed by atoms with Gasteiger partial charge in [-0.3, -0.25) is 0 Å². The summed E-state index contributed by atoms with van der Waals surface area (Å²) in [6.07, 6.45) is 0.824. The maximum Gasteiger partial charge on any atom is 0.125 e. The molecule has 18 heavy (non-hydrogen) atoms. The molecule has 4 heteroatoms. The number of nitrogens with zero attached hydrogens (tertiary/aromatic N) is 2. The molecule has 0 spiro atoms. The lowest BCUT2D eigenvalue weighted by atomic mass is 10.1. The summed E-state index contributed by atoms with van der Waals surface area (Å²) >= 11 is 0. The Kier molecular flexibility index (Phi) is 3.66. The van der Waals surface area contributed by atoms with E-state index in [1.54, 1.807) is 6.07 Å². The predicted molar refractivity (Wildman–Crippen MR) is 72.0 cm³/mol. The average molecular weight is 249 g/mol. The lowest BCUT2D eigenvalue weighted by molar-refractivity contribution is 0.521. The predicted octanol–water partition coefficient (Wildman–Crippen LogP) is 2.89. The first-order valence-corrected chi connectivity index (χ1v) is 6.39. The molecule has 1 aromatic carbocycles. The van der Waals surface area contributed by atoms with E-state index in [0.29, 0.717) is 18.5 Å². The summed E-state index contributed by atoms with van der Waals surface area (Å²) in [5.74, 6) is 1.13. The van der Waals surface area contributed by atoms with Gasteiger partial charge >= 0.3 is 0 Å². The molecule has 0 saturated carbocycles. The van der Waals surface area contributed by atoms with E-state index in [4.69, 9.17) is 5.73 Å². The highest BCUT2D eigenvalue weighted by atomic mass is 19.1. The Hall–Kier alpha value is -1.42. The molecule has 0 aliphatic rings. The molecule has 1 heterocycles. The minimum atomic E-state index is -0.241. The molecule has 2 N–H and O–H groups in total. The van der Waals surface area contributed by atoms with Crippen molar-refractivity contribution in [3.63, 3.8) is 0 Å². The number of rotatable bonds is 4. The van der Waals surface area contributed by atoms with Crippen LogP contribution in [0.1, 0.15) is 32.6 Å². The number of halogens is 1. The summed E-state index contributed by atoms with van der Waals surface area (Å²) in [6, 6.07) is 5.08. The molecule has 1 unspecified atom stereocenters. The van der Waals surface area contributed by atoms with Crippen molar-refractivity contribution in [2.75, 3.05) is 6.54 Å². The first kappa shape index (κ1) is 13.0. The van der Waals surface area contributed by atoms with Crippen molar-refractivity contribution in [3.8, 4) is 0 Å². The zero-order valence-electron chi connectivity index (χ0n) is 11.2. The zero-order chi connectivity index (χ0) is 13.3. The molecule has 3 nitrogen and oxygen atoms in total. The van der Waals surface area contributed by atoms with E-state index in [-0.39, 0.29) is 5.82 Å². The highest BCUT2D eigenvalue weighted by Crippen LogP contribution is 2.23. The van der Waals surface area contributed by atoms with Gasteiger partial charge in [-0.15, -0.1) is 0 Å². The Bertz CT molecular complexity index is 545. The monoisotopic (exact) mass is 249 g/mol. The van der Waals surface area contributed by atoms with Crippen LogP contribution in [0.3, 0.4) is 0 Å². The van der Waals surface area contributed by atoms with Gasteiger partial charge < -0.3 is 10.3 Å². The molecule has 0 aliphatic heterocycles. The van der Waals surface area contributed by atoms with Gasteiger partial charge in [0, 0.05) is 18.5 Å². The van der Waals surface area contributed by atoms with Crippen molar-refractivity contribution in [2.24, 2.45) is 11.7 Å². The van der Waals surface area contributed by atoms with Crippen molar-refractivity contribution in [1.82, 2.24) is 9.55 Å². The molecule has 1 aromatic heterocycles. The SMILES string of the molecule is CC(CN)Cc1nc2cc(F)ccc2n1C(C)C. The lowest BCUT2D eigenvalue weighted by Crippen LogP contribution is -2.16. The number of hydrogen-bond acceptors (Lipinski definition) is 2. The van der Waals surface area contributed by atoms with Crippen molar-refractivity contribution in [3.05, 3.63) is 29.8 Å². The molecule has 0 amide bonds. The molecule has 2 rings (SSSR count). The third kappa shape index (κ3) is 2.38. The Labute approximate surface area is 107 Å². The van der Waals surface area contributed by atoms with Crippen molar-refractivity contribution in [2.45, 2.75) is 33.2 Å². The third-order valence-corrected chi connectivity index (χ3v) is 3.17. The Morgan fingerprint density at radius 3 is 2.67 bits per heavy atom. The lowest BCUT2D eigenvalue weighted by Gasteiger charge is -2.15. The van der Waals surface area contributed by atoms with Crippen LogP contribution in [0.2, 0.25) is 0 Å². The van der Waals surface area contributed by atoms with Crippen LogP contribution in [-0.4, -0.2) is 16.1 Å². The molecular weight excluding hydrogens is 229 g/mol. The number of fused-ring (bicyclic) bond motifs is 1. The molecule has 0 aliphatic carbocycles. The van der Waals surface area contributed by atoms with Gasteiger partial charge in [-0.1, -0.05) is 6.92 Å². The quantitative estimate of drug-likeness (QED) is 0.905. The van der Waals surface area contributed by atoms with Crippen LogP contribution in [0.15, 0.2) is 18.2 Å². The van der Waals surface area contributed by atoms with Crippen LogP contribution in [0, 0.1) is 11.7 Å². The van der Waals surface area contributed by atoms with Crippen LogP contribution in [-0.2, 0) is 6.42 Å². The van der Waals surface area contributed by atoms with E-state index < -0.39 is 0 Å². The van der Waals surface area contributed by atoms with Gasteiger partial charge in [-0.2, -0.15) is 0 Å². The maximum atomic E-state index is 13.2. The molecule has 1 atom stereocenters. The van der Waals surface area contributed by atoms with E-state index in [9.17, 15) is 4.39 Å². The fourth-order valence-corrected chi connectivity index (χ4v) is 2.24. The number of aromatic nitrogens is 2. The summed E-state index contributed by atoms with van der Waals surface area (Å²) in [6.45, 7) is 6.96. The second-order valence-electron chi connectivity index (χ2n) is 5.17. The van der Waals surface area contributed by atoms with E-state index >= 15 is 0 Å². The van der Waals surface area contributed by atoms with Crippen molar-refractivity contribution < 1.29 is 4.39 Å². The van der Waals surface area contributed by atoms with E-state index in [0.717, 1.165) is 23.3 Å². The van der Waals surface area contributed by atoms with Gasteiger partial charge in [-0.05, 0) is 38.4 Å². The Balaban J connectivity index is 2.54. The third-order valence-electron chi connectivity index (χ3n) is 3.17. The van der Waals surface area contributed by atoms with Crippen LogP contribution in [0.5, 0.6) is 0 Å². The van der Waals surface area contributed by atoms with Crippen molar-refractivity contribution >= 4 is 11.0 Å². The molecule has 0 fully saturated rings. The fourth-order valence-electron chi connectivity index (χ4n) is 2.24. The Morgan fingerprint density at radius 1 is 1.33 bits per heavy atom. The second kappa shape index (κ2) is 5.06. The van der Waals surface area contributed by atoms with Gasteiger partial charge in [0.1, 0.15) is 11.6 Å².